The molecule has 3 rings (SSSR count). The first-order chi connectivity index (χ1) is 12.1. The molecule has 1 heterocycles. The van der Waals surface area contributed by atoms with Gasteiger partial charge in [-0.3, -0.25) is 0 Å². The smallest absolute Gasteiger partial charge is 0.337 e. The van der Waals surface area contributed by atoms with Crippen LogP contribution in [-0.4, -0.2) is 23.2 Å². The molecule has 0 saturated carbocycles. The van der Waals surface area contributed by atoms with Gasteiger partial charge in [0.05, 0.1) is 17.1 Å². The molecule has 0 fully saturated rings. The molecule has 0 aliphatic rings. The molecule has 1 aromatic heterocycles. The van der Waals surface area contributed by atoms with Gasteiger partial charge in [0.2, 0.25) is 5.82 Å². The first-order valence-corrected chi connectivity index (χ1v) is 8.33. The molecule has 0 atom stereocenters. The number of carbonyl (C=O) groups excluding carboxylic acids is 1. The maximum absolute atomic E-state index is 11.5. The highest BCUT2D eigenvalue weighted by atomic mass is 79.9. The van der Waals surface area contributed by atoms with Gasteiger partial charge in [0, 0.05) is 10.6 Å². The van der Waals surface area contributed by atoms with Crippen molar-refractivity contribution in [2.75, 3.05) is 7.11 Å². The SMILES string of the molecule is COC(=O)c1ccc(OCc2nc(-c3ccc(Cl)cc3)no2)c(Br)c1. The fourth-order valence-electron chi connectivity index (χ4n) is 2.03. The minimum Gasteiger partial charge on any atom is -0.483 e. The van der Waals surface area contributed by atoms with Crippen LogP contribution in [0.3, 0.4) is 0 Å². The van der Waals surface area contributed by atoms with Crippen LogP contribution in [0, 0.1) is 0 Å². The number of nitrogens with zero attached hydrogens (tertiary/aromatic N) is 2. The Morgan fingerprint density at radius 1 is 1.24 bits per heavy atom. The first kappa shape index (κ1) is 17.4. The molecule has 128 valence electrons. The molecule has 3 aromatic rings. The van der Waals surface area contributed by atoms with Gasteiger partial charge in [-0.25, -0.2) is 4.79 Å². The number of halogens is 2. The highest BCUT2D eigenvalue weighted by Gasteiger charge is 2.12. The summed E-state index contributed by atoms with van der Waals surface area (Å²) in [6.07, 6.45) is 0. The summed E-state index contributed by atoms with van der Waals surface area (Å²) in [7, 11) is 1.33. The van der Waals surface area contributed by atoms with E-state index in [9.17, 15) is 4.79 Å². The Kier molecular flexibility index (Phi) is 5.35. The number of carbonyl (C=O) groups is 1. The lowest BCUT2D eigenvalue weighted by molar-refractivity contribution is 0.0600. The van der Waals surface area contributed by atoms with Gasteiger partial charge in [0.15, 0.2) is 6.61 Å². The number of hydrogen-bond donors (Lipinski definition) is 0. The Morgan fingerprint density at radius 2 is 2.00 bits per heavy atom. The molecule has 0 unspecified atom stereocenters. The monoisotopic (exact) mass is 422 g/mol. The number of methoxy groups -OCH3 is 1. The molecular weight excluding hydrogens is 412 g/mol. The predicted molar refractivity (Wildman–Crippen MR) is 94.6 cm³/mol. The number of aromatic nitrogens is 2. The molecule has 0 saturated heterocycles. The largest absolute Gasteiger partial charge is 0.483 e. The van der Waals surface area contributed by atoms with Gasteiger partial charge >= 0.3 is 5.97 Å². The standard InChI is InChI=1S/C17H12BrClN2O4/c1-23-17(22)11-4-7-14(13(18)8-11)24-9-15-20-16(21-25-15)10-2-5-12(19)6-3-10/h2-8H,9H2,1H3. The second kappa shape index (κ2) is 7.67. The van der Waals surface area contributed by atoms with E-state index in [1.54, 1.807) is 42.5 Å². The molecule has 25 heavy (non-hydrogen) atoms. The third-order valence-corrected chi connectivity index (χ3v) is 4.15. The van der Waals surface area contributed by atoms with Crippen molar-refractivity contribution in [2.24, 2.45) is 0 Å². The fraction of sp³-hybridized carbons (Fsp3) is 0.118. The minimum absolute atomic E-state index is 0.0940. The van der Waals surface area contributed by atoms with Gasteiger partial charge in [-0.15, -0.1) is 0 Å². The lowest BCUT2D eigenvalue weighted by Crippen LogP contribution is -2.02. The number of benzene rings is 2. The number of esters is 1. The van der Waals surface area contributed by atoms with Gasteiger partial charge < -0.3 is 14.0 Å². The second-order valence-corrected chi connectivity index (χ2v) is 6.23. The average molecular weight is 424 g/mol. The molecule has 2 aromatic carbocycles. The van der Waals surface area contributed by atoms with Crippen LogP contribution in [0.25, 0.3) is 11.4 Å². The highest BCUT2D eigenvalue weighted by Crippen LogP contribution is 2.27. The molecule has 0 bridgehead atoms. The van der Waals surface area contributed by atoms with E-state index in [1.807, 2.05) is 0 Å². The van der Waals surface area contributed by atoms with Crippen LogP contribution in [0.2, 0.25) is 5.02 Å². The van der Waals surface area contributed by atoms with Crippen molar-refractivity contribution in [3.63, 3.8) is 0 Å². The van der Waals surface area contributed by atoms with Gasteiger partial charge in [-0.05, 0) is 58.4 Å². The highest BCUT2D eigenvalue weighted by molar-refractivity contribution is 9.10. The van der Waals surface area contributed by atoms with Gasteiger partial charge in [-0.1, -0.05) is 16.8 Å². The Hall–Kier alpha value is -2.38. The number of ether oxygens (including phenoxy) is 2. The predicted octanol–water partition coefficient (Wildman–Crippen LogP) is 4.52. The van der Waals surface area contributed by atoms with Gasteiger partial charge in [-0.2, -0.15) is 4.98 Å². The van der Waals surface area contributed by atoms with Crippen molar-refractivity contribution in [1.82, 2.24) is 10.1 Å². The third kappa shape index (κ3) is 4.18. The summed E-state index contributed by atoms with van der Waals surface area (Å²) < 4.78 is 16.1. The van der Waals surface area contributed by atoms with Crippen LogP contribution >= 0.6 is 27.5 Å². The maximum atomic E-state index is 11.5. The van der Waals surface area contributed by atoms with Crippen LogP contribution < -0.4 is 4.74 Å². The summed E-state index contributed by atoms with van der Waals surface area (Å²) in [6.45, 7) is 0.0940. The summed E-state index contributed by atoms with van der Waals surface area (Å²) >= 11 is 9.21. The maximum Gasteiger partial charge on any atom is 0.337 e. The van der Waals surface area contributed by atoms with Crippen molar-refractivity contribution >= 4 is 33.5 Å². The molecule has 0 N–H and O–H groups in total. The molecule has 0 radical (unpaired) electrons. The minimum atomic E-state index is -0.420. The lowest BCUT2D eigenvalue weighted by Gasteiger charge is -2.07. The summed E-state index contributed by atoms with van der Waals surface area (Å²) in [6, 6.07) is 12.0. The average Bonchev–Trinajstić information content (AvgIpc) is 3.09. The molecule has 0 amide bonds. The Labute approximate surface area is 156 Å². The first-order valence-electron chi connectivity index (χ1n) is 7.16. The zero-order chi connectivity index (χ0) is 17.8. The molecule has 8 heteroatoms. The van der Waals surface area contributed by atoms with Crippen LogP contribution in [-0.2, 0) is 11.3 Å². The molecule has 0 spiro atoms. The van der Waals surface area contributed by atoms with Gasteiger partial charge in [0.1, 0.15) is 5.75 Å². The summed E-state index contributed by atoms with van der Waals surface area (Å²) in [4.78, 5) is 15.8. The van der Waals surface area contributed by atoms with Gasteiger partial charge in [0.25, 0.3) is 5.89 Å². The van der Waals surface area contributed by atoms with E-state index < -0.39 is 5.97 Å². The van der Waals surface area contributed by atoms with Crippen molar-refractivity contribution in [3.05, 3.63) is 63.4 Å². The molecule has 0 aliphatic carbocycles. The number of rotatable bonds is 5. The molecule has 6 nitrogen and oxygen atoms in total. The topological polar surface area (TPSA) is 74.5 Å². The van der Waals surface area contributed by atoms with E-state index in [0.29, 0.717) is 32.5 Å². The Bertz CT molecular complexity index is 896. The van der Waals surface area contributed by atoms with Crippen molar-refractivity contribution in [1.29, 1.82) is 0 Å². The van der Waals surface area contributed by atoms with Crippen molar-refractivity contribution in [2.45, 2.75) is 6.61 Å². The van der Waals surface area contributed by atoms with Crippen LogP contribution in [0.4, 0.5) is 0 Å². The summed E-state index contributed by atoms with van der Waals surface area (Å²) in [5.41, 5.74) is 1.22. The summed E-state index contributed by atoms with van der Waals surface area (Å²) in [5, 5.41) is 4.55. The fourth-order valence-corrected chi connectivity index (χ4v) is 2.65. The van der Waals surface area contributed by atoms with E-state index in [2.05, 4.69) is 30.8 Å². The lowest BCUT2D eigenvalue weighted by atomic mass is 10.2. The van der Waals surface area contributed by atoms with E-state index in [-0.39, 0.29) is 6.61 Å². The van der Waals surface area contributed by atoms with E-state index in [1.165, 1.54) is 7.11 Å². The Balaban J connectivity index is 1.68. The third-order valence-electron chi connectivity index (χ3n) is 3.27. The zero-order valence-electron chi connectivity index (χ0n) is 13.0. The summed E-state index contributed by atoms with van der Waals surface area (Å²) in [5.74, 6) is 0.903. The van der Waals surface area contributed by atoms with Crippen LogP contribution in [0.1, 0.15) is 16.2 Å². The van der Waals surface area contributed by atoms with E-state index >= 15 is 0 Å². The van der Waals surface area contributed by atoms with Crippen molar-refractivity contribution in [3.8, 4) is 17.1 Å². The molecule has 0 aliphatic heterocycles. The quantitative estimate of drug-likeness (QED) is 0.562. The van der Waals surface area contributed by atoms with Crippen molar-refractivity contribution < 1.29 is 18.8 Å². The van der Waals surface area contributed by atoms with Crippen LogP contribution in [0.5, 0.6) is 5.75 Å². The zero-order valence-corrected chi connectivity index (χ0v) is 15.4. The number of hydrogen-bond acceptors (Lipinski definition) is 6. The van der Waals surface area contributed by atoms with E-state index in [4.69, 9.17) is 20.9 Å². The molecular formula is C17H12BrClN2O4. The van der Waals surface area contributed by atoms with Crippen LogP contribution in [0.15, 0.2) is 51.5 Å². The van der Waals surface area contributed by atoms with E-state index in [0.717, 1.165) is 5.56 Å². The Morgan fingerprint density at radius 3 is 2.68 bits per heavy atom. The normalized spacial score (nSPS) is 10.5. The second-order valence-electron chi connectivity index (χ2n) is 4.94.